The van der Waals surface area contributed by atoms with Gasteiger partial charge in [0.1, 0.15) is 0 Å². The van der Waals surface area contributed by atoms with Gasteiger partial charge in [0.2, 0.25) is 10.0 Å². The van der Waals surface area contributed by atoms with Crippen molar-refractivity contribution < 1.29 is 8.42 Å². The summed E-state index contributed by atoms with van der Waals surface area (Å²) in [6.45, 7) is 3.24. The van der Waals surface area contributed by atoms with Crippen LogP contribution in [0, 0.1) is 0 Å². The summed E-state index contributed by atoms with van der Waals surface area (Å²) >= 11 is 1.76. The van der Waals surface area contributed by atoms with Crippen molar-refractivity contribution in [2.24, 2.45) is 0 Å². The molecule has 2 N–H and O–H groups in total. The summed E-state index contributed by atoms with van der Waals surface area (Å²) in [5.74, 6) is 0. The van der Waals surface area contributed by atoms with Crippen molar-refractivity contribution in [3.8, 4) is 0 Å². The van der Waals surface area contributed by atoms with Crippen LogP contribution in [0.1, 0.15) is 12.5 Å². The van der Waals surface area contributed by atoms with Crippen molar-refractivity contribution in [3.63, 3.8) is 0 Å². The molecule has 0 saturated heterocycles. The van der Waals surface area contributed by atoms with Gasteiger partial charge in [0, 0.05) is 35.1 Å². The molecule has 0 radical (unpaired) electrons. The van der Waals surface area contributed by atoms with Crippen LogP contribution in [0.3, 0.4) is 0 Å². The molecule has 0 fully saturated rings. The smallest absolute Gasteiger partial charge is 0.240 e. The van der Waals surface area contributed by atoms with E-state index in [0.29, 0.717) is 6.54 Å². The Morgan fingerprint density at radius 2 is 1.93 bits per heavy atom. The van der Waals surface area contributed by atoms with E-state index in [0.717, 1.165) is 23.7 Å². The fourth-order valence-corrected chi connectivity index (χ4v) is 5.65. The highest BCUT2D eigenvalue weighted by atomic mass is 35.5. The Labute approximate surface area is 187 Å². The minimum absolute atomic E-state index is 0. The number of aromatic nitrogens is 1. The molecule has 30 heavy (non-hydrogen) atoms. The van der Waals surface area contributed by atoms with E-state index >= 15 is 0 Å². The lowest BCUT2D eigenvalue weighted by Crippen LogP contribution is -2.40. The third-order valence-corrected chi connectivity index (χ3v) is 7.46. The van der Waals surface area contributed by atoms with Gasteiger partial charge in [-0.1, -0.05) is 24.3 Å². The summed E-state index contributed by atoms with van der Waals surface area (Å²) in [5.41, 5.74) is 1.33. The maximum absolute atomic E-state index is 12.7. The van der Waals surface area contributed by atoms with Gasteiger partial charge in [-0.3, -0.25) is 4.98 Å². The quantitative estimate of drug-likeness (QED) is 0.382. The topological polar surface area (TPSA) is 71.1 Å². The number of halogens is 1. The van der Waals surface area contributed by atoms with Crippen LogP contribution in [0.2, 0.25) is 0 Å². The number of fused-ring (bicyclic) bond motifs is 2. The molecule has 5 nitrogen and oxygen atoms in total. The van der Waals surface area contributed by atoms with Gasteiger partial charge >= 0.3 is 0 Å². The summed E-state index contributed by atoms with van der Waals surface area (Å²) in [5, 5.41) is 8.65. The number of nitrogens with zero attached hydrogens (tertiary/aromatic N) is 1. The predicted molar refractivity (Wildman–Crippen MR) is 127 cm³/mol. The van der Waals surface area contributed by atoms with Crippen molar-refractivity contribution in [2.75, 3.05) is 13.1 Å². The number of hydrogen-bond acceptors (Lipinski definition) is 5. The molecular formula is C22H24ClN3O2S2. The Bertz CT molecular complexity index is 1240. The van der Waals surface area contributed by atoms with Crippen molar-refractivity contribution in [1.82, 2.24) is 15.0 Å². The van der Waals surface area contributed by atoms with E-state index < -0.39 is 10.0 Å². The van der Waals surface area contributed by atoms with Crippen LogP contribution in [0.4, 0.5) is 0 Å². The molecule has 1 atom stereocenters. The van der Waals surface area contributed by atoms with Gasteiger partial charge in [0.05, 0.1) is 4.90 Å². The second-order valence-corrected chi connectivity index (χ2v) is 9.74. The minimum Gasteiger partial charge on any atom is -0.315 e. The summed E-state index contributed by atoms with van der Waals surface area (Å²) in [4.78, 5) is 4.33. The van der Waals surface area contributed by atoms with Crippen molar-refractivity contribution in [3.05, 3.63) is 71.9 Å². The van der Waals surface area contributed by atoms with E-state index in [1.54, 1.807) is 41.9 Å². The third kappa shape index (κ3) is 5.17. The molecule has 0 unspecified atom stereocenters. The monoisotopic (exact) mass is 461 g/mol. The van der Waals surface area contributed by atoms with Gasteiger partial charge in [-0.15, -0.1) is 23.7 Å². The second kappa shape index (κ2) is 9.85. The Kier molecular flexibility index (Phi) is 7.44. The Morgan fingerprint density at radius 3 is 2.80 bits per heavy atom. The van der Waals surface area contributed by atoms with Crippen LogP contribution in [-0.2, 0) is 16.4 Å². The zero-order valence-corrected chi connectivity index (χ0v) is 19.0. The molecule has 0 saturated carbocycles. The molecule has 0 aliphatic carbocycles. The zero-order valence-electron chi connectivity index (χ0n) is 16.5. The molecule has 4 aromatic rings. The minimum atomic E-state index is -3.57. The molecule has 0 amide bonds. The number of hydrogen-bond donors (Lipinski definition) is 2. The van der Waals surface area contributed by atoms with Crippen LogP contribution in [-0.4, -0.2) is 32.5 Å². The molecule has 0 bridgehead atoms. The molecule has 4 rings (SSSR count). The highest BCUT2D eigenvalue weighted by molar-refractivity contribution is 7.89. The van der Waals surface area contributed by atoms with Crippen LogP contribution >= 0.6 is 23.7 Å². The molecule has 2 heterocycles. The van der Waals surface area contributed by atoms with Crippen molar-refractivity contribution >= 4 is 54.6 Å². The van der Waals surface area contributed by atoms with Crippen LogP contribution < -0.4 is 10.0 Å². The Hall–Kier alpha value is -2.03. The molecule has 0 aliphatic rings. The highest BCUT2D eigenvalue weighted by Gasteiger charge is 2.17. The fraction of sp³-hybridized carbons (Fsp3) is 0.227. The van der Waals surface area contributed by atoms with Gasteiger partial charge in [-0.2, -0.15) is 0 Å². The van der Waals surface area contributed by atoms with E-state index in [4.69, 9.17) is 0 Å². The molecule has 158 valence electrons. The van der Waals surface area contributed by atoms with Gasteiger partial charge in [-0.05, 0) is 65.9 Å². The van der Waals surface area contributed by atoms with Crippen molar-refractivity contribution in [2.45, 2.75) is 24.3 Å². The van der Waals surface area contributed by atoms with Gasteiger partial charge < -0.3 is 5.32 Å². The number of pyridine rings is 1. The maximum Gasteiger partial charge on any atom is 0.240 e. The molecule has 0 aliphatic heterocycles. The Balaban J connectivity index is 0.00000256. The normalized spacial score (nSPS) is 12.7. The Morgan fingerprint density at radius 1 is 1.10 bits per heavy atom. The number of benzene rings is 2. The molecule has 2 aromatic heterocycles. The van der Waals surface area contributed by atoms with Crippen LogP contribution in [0.25, 0.3) is 20.9 Å². The zero-order chi connectivity index (χ0) is 20.3. The number of rotatable bonds is 8. The first kappa shape index (κ1) is 22.7. The van der Waals surface area contributed by atoms with Gasteiger partial charge in [-0.25, -0.2) is 13.1 Å². The van der Waals surface area contributed by atoms with E-state index in [9.17, 15) is 8.42 Å². The number of sulfonamides is 1. The van der Waals surface area contributed by atoms with Crippen LogP contribution in [0.15, 0.2) is 71.2 Å². The van der Waals surface area contributed by atoms with Gasteiger partial charge in [0.25, 0.3) is 0 Å². The number of nitrogens with one attached hydrogen (secondary N) is 2. The summed E-state index contributed by atoms with van der Waals surface area (Å²) < 4.78 is 29.5. The second-order valence-electron chi connectivity index (χ2n) is 7.12. The van der Waals surface area contributed by atoms with E-state index in [-0.39, 0.29) is 23.3 Å². The van der Waals surface area contributed by atoms with Gasteiger partial charge in [0.15, 0.2) is 0 Å². The first-order valence-corrected chi connectivity index (χ1v) is 11.9. The average Bonchev–Trinajstić information content (AvgIpc) is 3.14. The number of thiophene rings is 1. The maximum atomic E-state index is 12.7. The summed E-state index contributed by atoms with van der Waals surface area (Å²) in [6, 6.07) is 15.1. The molecular weight excluding hydrogens is 438 g/mol. The largest absolute Gasteiger partial charge is 0.315 e. The van der Waals surface area contributed by atoms with Crippen LogP contribution in [0.5, 0.6) is 0 Å². The van der Waals surface area contributed by atoms with E-state index in [1.165, 1.54) is 15.6 Å². The molecule has 2 aromatic carbocycles. The predicted octanol–water partition coefficient (Wildman–Crippen LogP) is 4.37. The summed E-state index contributed by atoms with van der Waals surface area (Å²) in [7, 11) is -3.57. The lowest BCUT2D eigenvalue weighted by molar-refractivity contribution is 0.537. The van der Waals surface area contributed by atoms with E-state index in [2.05, 4.69) is 44.7 Å². The lowest BCUT2D eigenvalue weighted by atomic mass is 10.1. The SMILES string of the molecule is C[C@H](CNCCc1csc2ccccc12)NS(=O)(=O)c1ccc2cnccc2c1.Cl. The average molecular weight is 462 g/mol. The summed E-state index contributed by atoms with van der Waals surface area (Å²) in [6.07, 6.45) is 4.31. The highest BCUT2D eigenvalue weighted by Crippen LogP contribution is 2.25. The first-order chi connectivity index (χ1) is 14.0. The fourth-order valence-electron chi connectivity index (χ4n) is 3.37. The van der Waals surface area contributed by atoms with E-state index in [1.807, 2.05) is 13.0 Å². The third-order valence-electron chi connectivity index (χ3n) is 4.86. The molecule has 8 heteroatoms. The van der Waals surface area contributed by atoms with Crippen molar-refractivity contribution in [1.29, 1.82) is 0 Å². The standard InChI is InChI=1S/C22H23N3O2S2.ClH/c1-16(13-23-11-9-19-15-28-22-5-3-2-4-21(19)22)25-29(26,27)20-7-6-18-14-24-10-8-17(18)12-20;/h2-8,10,12,14-16,23,25H,9,11,13H2,1H3;1H/t16-;/m1./s1. The molecule has 0 spiro atoms. The first-order valence-electron chi connectivity index (χ1n) is 9.55. The lowest BCUT2D eigenvalue weighted by Gasteiger charge is -2.15.